The van der Waals surface area contributed by atoms with Crippen LogP contribution in [0.1, 0.15) is 27.7 Å². The highest BCUT2D eigenvalue weighted by atomic mass is 19.3. The van der Waals surface area contributed by atoms with Crippen molar-refractivity contribution in [2.75, 3.05) is 0 Å². The molecule has 2 atom stereocenters. The van der Waals surface area contributed by atoms with Crippen LogP contribution in [0.15, 0.2) is 0 Å². The summed E-state index contributed by atoms with van der Waals surface area (Å²) in [6, 6.07) is 0. The summed E-state index contributed by atoms with van der Waals surface area (Å²) in [5.41, 5.74) is -0.729. The minimum Gasteiger partial charge on any atom is -0.206 e. The molecule has 0 aromatic carbocycles. The van der Waals surface area contributed by atoms with Crippen LogP contribution >= 0.6 is 0 Å². The summed E-state index contributed by atoms with van der Waals surface area (Å²) >= 11 is 0. The van der Waals surface area contributed by atoms with E-state index in [1.807, 2.05) is 13.8 Å². The molecule has 1 fully saturated rings. The minimum absolute atomic E-state index is 0.0810. The molecule has 2 heteroatoms. The van der Waals surface area contributed by atoms with Crippen molar-refractivity contribution in [2.45, 2.75) is 33.6 Å². The average molecular weight is 148 g/mol. The van der Waals surface area contributed by atoms with Crippen LogP contribution in [-0.2, 0) is 0 Å². The van der Waals surface area contributed by atoms with Gasteiger partial charge in [0.2, 0.25) is 0 Å². The van der Waals surface area contributed by atoms with Crippen molar-refractivity contribution >= 4 is 0 Å². The highest BCUT2D eigenvalue weighted by Crippen LogP contribution is 2.69. The second kappa shape index (κ2) is 1.72. The maximum Gasteiger partial charge on any atom is 0.257 e. The fraction of sp³-hybridized carbons (Fsp3) is 1.00. The van der Waals surface area contributed by atoms with Gasteiger partial charge in [-0.1, -0.05) is 27.7 Å². The van der Waals surface area contributed by atoms with Crippen molar-refractivity contribution in [3.8, 4) is 0 Å². The van der Waals surface area contributed by atoms with Crippen LogP contribution < -0.4 is 0 Å². The Hall–Kier alpha value is -0.140. The maximum absolute atomic E-state index is 12.8. The van der Waals surface area contributed by atoms with Gasteiger partial charge in [0.1, 0.15) is 0 Å². The van der Waals surface area contributed by atoms with Crippen molar-refractivity contribution in [1.29, 1.82) is 0 Å². The van der Waals surface area contributed by atoms with Gasteiger partial charge in [-0.15, -0.1) is 0 Å². The average Bonchev–Trinajstić information content (AvgIpc) is 2.16. The van der Waals surface area contributed by atoms with E-state index in [2.05, 4.69) is 0 Å². The Balaban J connectivity index is 2.78. The zero-order valence-electron chi connectivity index (χ0n) is 6.91. The van der Waals surface area contributed by atoms with E-state index in [1.54, 1.807) is 13.8 Å². The third-order valence-corrected chi connectivity index (χ3v) is 3.28. The van der Waals surface area contributed by atoms with Crippen LogP contribution in [0.5, 0.6) is 0 Å². The van der Waals surface area contributed by atoms with Gasteiger partial charge in [0.05, 0.1) is 0 Å². The van der Waals surface area contributed by atoms with E-state index >= 15 is 0 Å². The molecule has 0 heterocycles. The zero-order valence-corrected chi connectivity index (χ0v) is 6.91. The van der Waals surface area contributed by atoms with Crippen LogP contribution in [0, 0.1) is 17.3 Å². The summed E-state index contributed by atoms with van der Waals surface area (Å²) in [4.78, 5) is 0. The van der Waals surface area contributed by atoms with Crippen molar-refractivity contribution in [3.05, 3.63) is 0 Å². The normalized spacial score (nSPS) is 44.1. The lowest BCUT2D eigenvalue weighted by atomic mass is 9.92. The molecule has 2 unspecified atom stereocenters. The van der Waals surface area contributed by atoms with E-state index in [-0.39, 0.29) is 5.92 Å². The molecule has 0 bridgehead atoms. The molecule has 0 nitrogen and oxygen atoms in total. The van der Waals surface area contributed by atoms with Gasteiger partial charge < -0.3 is 0 Å². The molecule has 1 rings (SSSR count). The number of hydrogen-bond acceptors (Lipinski definition) is 0. The first kappa shape index (κ1) is 7.96. The molecule has 10 heavy (non-hydrogen) atoms. The molecule has 1 saturated carbocycles. The molecule has 0 radical (unpaired) electrons. The first-order chi connectivity index (χ1) is 4.35. The predicted octanol–water partition coefficient (Wildman–Crippen LogP) is 2.93. The maximum atomic E-state index is 12.8. The largest absolute Gasteiger partial charge is 0.257 e. The Morgan fingerprint density at radius 2 is 1.60 bits per heavy atom. The fourth-order valence-electron chi connectivity index (χ4n) is 1.65. The third-order valence-electron chi connectivity index (χ3n) is 3.28. The van der Waals surface area contributed by atoms with Gasteiger partial charge in [0.25, 0.3) is 5.92 Å². The van der Waals surface area contributed by atoms with E-state index in [0.29, 0.717) is 0 Å². The second-order valence-corrected chi connectivity index (χ2v) is 3.78. The van der Waals surface area contributed by atoms with E-state index in [4.69, 9.17) is 0 Å². The Morgan fingerprint density at radius 1 is 1.30 bits per heavy atom. The van der Waals surface area contributed by atoms with Gasteiger partial charge >= 0.3 is 0 Å². The number of hydrogen-bond donors (Lipinski definition) is 0. The summed E-state index contributed by atoms with van der Waals surface area (Å²) in [6.07, 6.45) is 0. The lowest BCUT2D eigenvalue weighted by Crippen LogP contribution is -2.13. The molecule has 0 saturated heterocycles. The van der Waals surface area contributed by atoms with E-state index in [0.717, 1.165) is 0 Å². The third kappa shape index (κ3) is 0.599. The Bertz CT molecular complexity index is 151. The Morgan fingerprint density at radius 3 is 1.60 bits per heavy atom. The highest BCUT2D eigenvalue weighted by Gasteiger charge is 2.76. The number of halogens is 2. The van der Waals surface area contributed by atoms with Crippen molar-refractivity contribution in [2.24, 2.45) is 17.3 Å². The molecule has 60 valence electrons. The summed E-state index contributed by atoms with van der Waals surface area (Å²) in [5, 5.41) is 0. The van der Waals surface area contributed by atoms with E-state index in [9.17, 15) is 8.78 Å². The monoisotopic (exact) mass is 148 g/mol. The number of alkyl halides is 2. The van der Waals surface area contributed by atoms with Gasteiger partial charge in [-0.05, 0) is 5.92 Å². The lowest BCUT2D eigenvalue weighted by Gasteiger charge is -2.13. The highest BCUT2D eigenvalue weighted by molar-refractivity contribution is 5.14. The molecule has 0 N–H and O–H groups in total. The topological polar surface area (TPSA) is 0 Å². The molecular weight excluding hydrogens is 134 g/mol. The van der Waals surface area contributed by atoms with Gasteiger partial charge in [0.15, 0.2) is 0 Å². The van der Waals surface area contributed by atoms with Crippen LogP contribution in [0.25, 0.3) is 0 Å². The van der Waals surface area contributed by atoms with Crippen LogP contribution in [-0.4, -0.2) is 5.92 Å². The first-order valence-corrected chi connectivity index (χ1v) is 3.73. The van der Waals surface area contributed by atoms with Crippen molar-refractivity contribution in [3.63, 3.8) is 0 Å². The van der Waals surface area contributed by atoms with Crippen molar-refractivity contribution in [1.82, 2.24) is 0 Å². The Labute approximate surface area is 60.6 Å². The van der Waals surface area contributed by atoms with Gasteiger partial charge in [-0.3, -0.25) is 0 Å². The minimum atomic E-state index is -2.42. The lowest BCUT2D eigenvalue weighted by molar-refractivity contribution is 0.0487. The molecule has 0 spiro atoms. The van der Waals surface area contributed by atoms with Crippen LogP contribution in [0.3, 0.4) is 0 Å². The molecule has 0 aliphatic heterocycles. The quantitative estimate of drug-likeness (QED) is 0.536. The van der Waals surface area contributed by atoms with Crippen molar-refractivity contribution < 1.29 is 8.78 Å². The van der Waals surface area contributed by atoms with Crippen LogP contribution in [0.2, 0.25) is 0 Å². The molecule has 0 aromatic heterocycles. The summed E-state index contributed by atoms with van der Waals surface area (Å²) in [6.45, 7) is 7.01. The zero-order chi connectivity index (χ0) is 8.15. The molecule has 1 aliphatic rings. The number of rotatable bonds is 1. The summed E-state index contributed by atoms with van der Waals surface area (Å²) in [5.74, 6) is -2.77. The van der Waals surface area contributed by atoms with E-state index < -0.39 is 17.3 Å². The first-order valence-electron chi connectivity index (χ1n) is 3.73. The van der Waals surface area contributed by atoms with Gasteiger partial charge in [-0.2, -0.15) is 0 Å². The Kier molecular flexibility index (Phi) is 1.37. The standard InChI is InChI=1S/C8H14F2/c1-5(2)7(4)6(3)8(7,9)10/h5-6H,1-4H3. The van der Waals surface area contributed by atoms with Gasteiger partial charge in [-0.25, -0.2) is 8.78 Å². The summed E-state index contributed by atoms with van der Waals surface area (Å²) < 4.78 is 25.6. The molecule has 1 aliphatic carbocycles. The second-order valence-electron chi connectivity index (χ2n) is 3.78. The SMILES string of the molecule is CC(C)C1(C)C(C)C1(F)F. The predicted molar refractivity (Wildman–Crippen MR) is 37.1 cm³/mol. The van der Waals surface area contributed by atoms with Crippen LogP contribution in [0.4, 0.5) is 8.78 Å². The fourth-order valence-corrected chi connectivity index (χ4v) is 1.65. The molecular formula is C8H14F2. The molecule has 0 aromatic rings. The van der Waals surface area contributed by atoms with Gasteiger partial charge in [0, 0.05) is 11.3 Å². The molecule has 0 amide bonds. The summed E-state index contributed by atoms with van der Waals surface area (Å²) in [7, 11) is 0. The smallest absolute Gasteiger partial charge is 0.206 e. The van der Waals surface area contributed by atoms with E-state index in [1.165, 1.54) is 0 Å².